The number of ether oxygens (including phenoxy) is 2. The lowest BCUT2D eigenvalue weighted by molar-refractivity contribution is 0.0856. The van der Waals surface area contributed by atoms with Gasteiger partial charge in [-0.15, -0.1) is 0 Å². The third-order valence-electron chi connectivity index (χ3n) is 5.87. The predicted molar refractivity (Wildman–Crippen MR) is 117 cm³/mol. The predicted octanol–water partition coefficient (Wildman–Crippen LogP) is 3.47. The third-order valence-corrected chi connectivity index (χ3v) is 5.87. The largest absolute Gasteiger partial charge is 0.497 e. The Hall–Kier alpha value is -3.58. The van der Waals surface area contributed by atoms with E-state index < -0.39 is 0 Å². The number of fused-ring (bicyclic) bond motifs is 2. The Labute approximate surface area is 179 Å². The molecule has 7 heteroatoms. The maximum Gasteiger partial charge on any atom is 0.171 e. The summed E-state index contributed by atoms with van der Waals surface area (Å²) in [5, 5.41) is 17.2. The Bertz CT molecular complexity index is 1240. The number of H-pyrrole nitrogens is 1. The number of nitrogens with zero attached hydrogens (tertiary/aromatic N) is 2. The van der Waals surface area contributed by atoms with Gasteiger partial charge in [0.2, 0.25) is 0 Å². The smallest absolute Gasteiger partial charge is 0.171 e. The topological polar surface area (TPSA) is 89.4 Å². The second kappa shape index (κ2) is 7.92. The maximum atomic E-state index is 13.5. The molecular weight excluding hydrogens is 394 g/mol. The lowest BCUT2D eigenvalue weighted by Gasteiger charge is -2.24. The molecule has 1 aliphatic heterocycles. The number of methoxy groups -OCH3 is 1. The number of aliphatic hydroxyl groups excluding tert-OH is 1. The second-order valence-electron chi connectivity index (χ2n) is 7.73. The van der Waals surface area contributed by atoms with Crippen LogP contribution in [0.3, 0.4) is 0 Å². The Balaban J connectivity index is 1.49. The van der Waals surface area contributed by atoms with E-state index in [0.717, 1.165) is 39.1 Å². The van der Waals surface area contributed by atoms with Crippen LogP contribution in [0.25, 0.3) is 22.0 Å². The van der Waals surface area contributed by atoms with E-state index in [1.54, 1.807) is 13.3 Å². The first kappa shape index (κ1) is 19.4. The van der Waals surface area contributed by atoms with Crippen molar-refractivity contribution >= 4 is 16.7 Å². The van der Waals surface area contributed by atoms with Crippen molar-refractivity contribution in [2.45, 2.75) is 13.0 Å². The van der Waals surface area contributed by atoms with Crippen molar-refractivity contribution in [1.82, 2.24) is 14.8 Å². The minimum absolute atomic E-state index is 0.00486. The highest BCUT2D eigenvalue weighted by Gasteiger charge is 2.29. The van der Waals surface area contributed by atoms with E-state index in [0.29, 0.717) is 25.1 Å². The molecule has 2 N–H and O–H groups in total. The number of aliphatic hydroxyl groups is 1. The molecule has 7 nitrogen and oxygen atoms in total. The summed E-state index contributed by atoms with van der Waals surface area (Å²) < 4.78 is 13.1. The first-order chi connectivity index (χ1) is 15.2. The second-order valence-corrected chi connectivity index (χ2v) is 7.73. The number of rotatable bonds is 6. The summed E-state index contributed by atoms with van der Waals surface area (Å²) in [6.07, 6.45) is 6.07. The van der Waals surface area contributed by atoms with Crippen LogP contribution in [0.1, 0.15) is 15.9 Å². The molecule has 1 atom stereocenters. The molecule has 0 amide bonds. The average Bonchev–Trinajstić information content (AvgIpc) is 3.46. The number of benzene rings is 2. The Morgan fingerprint density at radius 1 is 1.29 bits per heavy atom. The van der Waals surface area contributed by atoms with Gasteiger partial charge in [0.1, 0.15) is 11.5 Å². The van der Waals surface area contributed by atoms with Crippen LogP contribution in [0.15, 0.2) is 55.0 Å². The number of carbonyl (C=O) groups is 1. The van der Waals surface area contributed by atoms with Crippen LogP contribution in [0.4, 0.5) is 0 Å². The maximum absolute atomic E-state index is 13.5. The van der Waals surface area contributed by atoms with E-state index in [4.69, 9.17) is 9.47 Å². The van der Waals surface area contributed by atoms with Gasteiger partial charge in [0.25, 0.3) is 0 Å². The highest BCUT2D eigenvalue weighted by Crippen LogP contribution is 2.34. The first-order valence-corrected chi connectivity index (χ1v) is 10.2. The van der Waals surface area contributed by atoms with E-state index in [2.05, 4.69) is 10.2 Å². The fraction of sp³-hybridized carbons (Fsp3) is 0.250. The minimum atomic E-state index is -0.261. The SMILES string of the molecule is COc1ccc2c(c1)OCC(C(=O)c1cn(CCO)c3cc(-c4cn[nH]c4)ccc13)C2. The van der Waals surface area contributed by atoms with Crippen molar-refractivity contribution in [2.75, 3.05) is 20.3 Å². The lowest BCUT2D eigenvalue weighted by atomic mass is 9.89. The molecule has 0 aliphatic carbocycles. The number of hydrogen-bond donors (Lipinski definition) is 2. The molecule has 1 aliphatic rings. The van der Waals surface area contributed by atoms with E-state index in [1.807, 2.05) is 53.4 Å². The van der Waals surface area contributed by atoms with Gasteiger partial charge in [-0.05, 0) is 29.7 Å². The molecule has 0 spiro atoms. The molecule has 4 aromatic rings. The summed E-state index contributed by atoms with van der Waals surface area (Å²) in [5.74, 6) is 1.31. The summed E-state index contributed by atoms with van der Waals surface area (Å²) >= 11 is 0. The fourth-order valence-electron chi connectivity index (χ4n) is 4.24. The third kappa shape index (κ3) is 3.47. The molecule has 5 rings (SSSR count). The average molecular weight is 417 g/mol. The van der Waals surface area contributed by atoms with Crippen molar-refractivity contribution in [3.63, 3.8) is 0 Å². The quantitative estimate of drug-likeness (QED) is 0.469. The number of ketones is 1. The molecule has 1 unspecified atom stereocenters. The molecule has 158 valence electrons. The van der Waals surface area contributed by atoms with Crippen LogP contribution in [-0.4, -0.2) is 46.0 Å². The Kier molecular flexibility index (Phi) is 4.95. The van der Waals surface area contributed by atoms with E-state index in [1.165, 1.54) is 0 Å². The normalized spacial score (nSPS) is 15.5. The van der Waals surface area contributed by atoms with Gasteiger partial charge in [-0.3, -0.25) is 9.89 Å². The van der Waals surface area contributed by atoms with Crippen molar-refractivity contribution in [3.8, 4) is 22.6 Å². The summed E-state index contributed by atoms with van der Waals surface area (Å²) in [6, 6.07) is 11.7. The van der Waals surface area contributed by atoms with E-state index >= 15 is 0 Å². The van der Waals surface area contributed by atoms with Gasteiger partial charge in [-0.2, -0.15) is 5.10 Å². The number of carbonyl (C=O) groups excluding carboxylic acids is 1. The van der Waals surface area contributed by atoms with Crippen LogP contribution in [0.5, 0.6) is 11.5 Å². The summed E-state index contributed by atoms with van der Waals surface area (Å²) in [5.41, 5.74) is 4.55. The van der Waals surface area contributed by atoms with Gasteiger partial charge in [0.05, 0.1) is 32.4 Å². The molecule has 0 saturated heterocycles. The molecule has 0 fully saturated rings. The van der Waals surface area contributed by atoms with Gasteiger partial charge in [-0.1, -0.05) is 18.2 Å². The van der Waals surface area contributed by atoms with Gasteiger partial charge >= 0.3 is 0 Å². The molecule has 3 heterocycles. The van der Waals surface area contributed by atoms with Crippen molar-refractivity contribution in [1.29, 1.82) is 0 Å². The number of nitrogens with one attached hydrogen (secondary N) is 1. The van der Waals surface area contributed by atoms with Gasteiger partial charge in [-0.25, -0.2) is 0 Å². The zero-order chi connectivity index (χ0) is 21.4. The molecular formula is C24H23N3O4. The first-order valence-electron chi connectivity index (χ1n) is 10.2. The molecule has 0 bridgehead atoms. The van der Waals surface area contributed by atoms with Crippen LogP contribution < -0.4 is 9.47 Å². The van der Waals surface area contributed by atoms with Crippen LogP contribution in [0.2, 0.25) is 0 Å². The number of Topliss-reactive ketones (excluding diaryl/α,β-unsaturated/α-hetero) is 1. The molecule has 2 aromatic carbocycles. The van der Waals surface area contributed by atoms with Crippen LogP contribution >= 0.6 is 0 Å². The number of hydrogen-bond acceptors (Lipinski definition) is 5. The molecule has 0 radical (unpaired) electrons. The van der Waals surface area contributed by atoms with Gasteiger partial charge < -0.3 is 19.1 Å². The highest BCUT2D eigenvalue weighted by molar-refractivity contribution is 6.10. The van der Waals surface area contributed by atoms with Gasteiger partial charge in [0.15, 0.2) is 5.78 Å². The minimum Gasteiger partial charge on any atom is -0.497 e. The molecule has 2 aromatic heterocycles. The Morgan fingerprint density at radius 2 is 2.19 bits per heavy atom. The molecule has 0 saturated carbocycles. The summed E-state index contributed by atoms with van der Waals surface area (Å²) in [6.45, 7) is 0.746. The monoisotopic (exact) mass is 417 g/mol. The summed E-state index contributed by atoms with van der Waals surface area (Å²) in [7, 11) is 1.62. The highest BCUT2D eigenvalue weighted by atomic mass is 16.5. The van der Waals surface area contributed by atoms with Crippen molar-refractivity contribution in [3.05, 3.63) is 66.1 Å². The number of aromatic nitrogens is 3. The van der Waals surface area contributed by atoms with E-state index in [-0.39, 0.29) is 18.3 Å². The standard InChI is InChI=1S/C24H23N3O4/c1-30-19-4-2-16-8-17(14-31-23(16)10-19)24(29)21-13-27(6-7-28)22-9-15(3-5-20(21)22)18-11-25-26-12-18/h2-5,9-13,17,28H,6-8,14H2,1H3,(H,25,26). The van der Waals surface area contributed by atoms with Gasteiger partial charge in [0, 0.05) is 47.0 Å². The Morgan fingerprint density at radius 3 is 2.97 bits per heavy atom. The van der Waals surface area contributed by atoms with E-state index in [9.17, 15) is 9.90 Å². The zero-order valence-electron chi connectivity index (χ0n) is 17.2. The summed E-state index contributed by atoms with van der Waals surface area (Å²) in [4.78, 5) is 13.5. The van der Waals surface area contributed by atoms with Crippen LogP contribution in [-0.2, 0) is 13.0 Å². The van der Waals surface area contributed by atoms with Crippen LogP contribution in [0, 0.1) is 5.92 Å². The number of aromatic amines is 1. The lowest BCUT2D eigenvalue weighted by Crippen LogP contribution is -2.28. The van der Waals surface area contributed by atoms with Crippen molar-refractivity contribution < 1.29 is 19.4 Å². The van der Waals surface area contributed by atoms with Crippen molar-refractivity contribution in [2.24, 2.45) is 5.92 Å². The zero-order valence-corrected chi connectivity index (χ0v) is 17.2. The molecule has 31 heavy (non-hydrogen) atoms. The fourth-order valence-corrected chi connectivity index (χ4v) is 4.24.